The van der Waals surface area contributed by atoms with E-state index in [0.29, 0.717) is 18.2 Å². The zero-order chi connectivity index (χ0) is 11.4. The molecule has 0 atom stereocenters. The lowest BCUT2D eigenvalue weighted by molar-refractivity contribution is 0.472. The minimum atomic E-state index is -0.115. The molecule has 0 saturated heterocycles. The van der Waals surface area contributed by atoms with E-state index in [9.17, 15) is 5.11 Å². The van der Waals surface area contributed by atoms with Crippen LogP contribution >= 0.6 is 0 Å². The van der Waals surface area contributed by atoms with Crippen molar-refractivity contribution >= 4 is 5.84 Å². The van der Waals surface area contributed by atoms with E-state index in [4.69, 9.17) is 11.1 Å². The van der Waals surface area contributed by atoms with Gasteiger partial charge >= 0.3 is 0 Å². The van der Waals surface area contributed by atoms with E-state index < -0.39 is 0 Å². The monoisotopic (exact) mass is 207 g/mol. The molecule has 0 fully saturated rings. The molecule has 0 heterocycles. The maximum atomic E-state index is 9.58. The van der Waals surface area contributed by atoms with Gasteiger partial charge in [-0.25, -0.2) is 0 Å². The van der Waals surface area contributed by atoms with E-state index in [0.717, 1.165) is 5.56 Å². The van der Waals surface area contributed by atoms with Gasteiger partial charge in [-0.2, -0.15) is 0 Å². The first-order valence-electron chi connectivity index (χ1n) is 4.90. The number of nitrogens with two attached hydrogens (primary N) is 1. The number of aromatic hydroxyl groups is 1. The minimum Gasteiger partial charge on any atom is -0.507 e. The summed E-state index contributed by atoms with van der Waals surface area (Å²) in [5.74, 6) is -0.0542. The highest BCUT2D eigenvalue weighted by Crippen LogP contribution is 2.18. The SMILES string of the molecule is CC(C)NCc1ccc(C(=N)N)c(O)c1. The summed E-state index contributed by atoms with van der Waals surface area (Å²) in [4.78, 5) is 0. The van der Waals surface area contributed by atoms with E-state index in [1.807, 2.05) is 6.07 Å². The van der Waals surface area contributed by atoms with Crippen LogP contribution in [0.2, 0.25) is 0 Å². The Labute approximate surface area is 89.6 Å². The van der Waals surface area contributed by atoms with Crippen LogP contribution in [-0.2, 0) is 6.54 Å². The molecular weight excluding hydrogens is 190 g/mol. The number of benzene rings is 1. The molecule has 1 aromatic rings. The first-order valence-corrected chi connectivity index (χ1v) is 4.90. The summed E-state index contributed by atoms with van der Waals surface area (Å²) < 4.78 is 0. The highest BCUT2D eigenvalue weighted by Gasteiger charge is 2.05. The molecule has 0 aromatic heterocycles. The van der Waals surface area contributed by atoms with Crippen molar-refractivity contribution in [3.63, 3.8) is 0 Å². The van der Waals surface area contributed by atoms with Gasteiger partial charge in [0.05, 0.1) is 5.56 Å². The van der Waals surface area contributed by atoms with Gasteiger partial charge in [0.15, 0.2) is 0 Å². The molecule has 0 aliphatic rings. The summed E-state index contributed by atoms with van der Waals surface area (Å²) in [6.45, 7) is 4.82. The lowest BCUT2D eigenvalue weighted by Crippen LogP contribution is -2.21. The number of nitrogen functional groups attached to an aromatic ring is 1. The molecule has 0 amide bonds. The van der Waals surface area contributed by atoms with Crippen molar-refractivity contribution in [2.45, 2.75) is 26.4 Å². The average Bonchev–Trinajstić information content (AvgIpc) is 2.14. The number of rotatable bonds is 4. The van der Waals surface area contributed by atoms with Crippen LogP contribution in [0.1, 0.15) is 25.0 Å². The highest BCUT2D eigenvalue weighted by atomic mass is 16.3. The molecule has 1 rings (SSSR count). The molecule has 4 heteroatoms. The molecule has 4 nitrogen and oxygen atoms in total. The summed E-state index contributed by atoms with van der Waals surface area (Å²) in [5.41, 5.74) is 6.65. The van der Waals surface area contributed by atoms with Crippen molar-refractivity contribution < 1.29 is 5.11 Å². The fourth-order valence-electron chi connectivity index (χ4n) is 1.24. The summed E-state index contributed by atoms with van der Waals surface area (Å²) in [6.07, 6.45) is 0. The largest absolute Gasteiger partial charge is 0.507 e. The van der Waals surface area contributed by atoms with E-state index in [1.54, 1.807) is 12.1 Å². The summed E-state index contributed by atoms with van der Waals surface area (Å²) in [7, 11) is 0. The van der Waals surface area contributed by atoms with Crippen LogP contribution < -0.4 is 11.1 Å². The van der Waals surface area contributed by atoms with Crippen LogP contribution in [0.3, 0.4) is 0 Å². The zero-order valence-electron chi connectivity index (χ0n) is 9.04. The lowest BCUT2D eigenvalue weighted by atomic mass is 10.1. The average molecular weight is 207 g/mol. The molecule has 0 saturated carbocycles. The van der Waals surface area contributed by atoms with Crippen molar-refractivity contribution in [2.24, 2.45) is 5.73 Å². The van der Waals surface area contributed by atoms with Crippen molar-refractivity contribution in [1.29, 1.82) is 5.41 Å². The predicted octanol–water partition coefficient (Wildman–Crippen LogP) is 1.17. The van der Waals surface area contributed by atoms with Gasteiger partial charge in [-0.3, -0.25) is 5.41 Å². The Morgan fingerprint density at radius 1 is 1.53 bits per heavy atom. The maximum absolute atomic E-state index is 9.58. The van der Waals surface area contributed by atoms with Crippen LogP contribution in [0.15, 0.2) is 18.2 Å². The van der Waals surface area contributed by atoms with E-state index in [2.05, 4.69) is 19.2 Å². The summed E-state index contributed by atoms with van der Waals surface area (Å²) in [6, 6.07) is 5.55. The Bertz CT molecular complexity index is 361. The molecule has 0 aliphatic heterocycles. The van der Waals surface area contributed by atoms with Gasteiger partial charge < -0.3 is 16.2 Å². The maximum Gasteiger partial charge on any atom is 0.126 e. The number of phenolic OH excluding ortho intramolecular Hbond substituents is 1. The first kappa shape index (κ1) is 11.5. The van der Waals surface area contributed by atoms with Gasteiger partial charge in [0.25, 0.3) is 0 Å². The Hall–Kier alpha value is -1.55. The van der Waals surface area contributed by atoms with Crippen LogP contribution in [0.4, 0.5) is 0 Å². The Kier molecular flexibility index (Phi) is 3.68. The molecule has 0 spiro atoms. The lowest BCUT2D eigenvalue weighted by Gasteiger charge is -2.09. The normalized spacial score (nSPS) is 10.6. The molecule has 0 unspecified atom stereocenters. The number of amidine groups is 1. The van der Waals surface area contributed by atoms with Gasteiger partial charge in [-0.05, 0) is 17.7 Å². The minimum absolute atomic E-state index is 0.0607. The van der Waals surface area contributed by atoms with Gasteiger partial charge in [0, 0.05) is 12.6 Å². The Morgan fingerprint density at radius 2 is 2.20 bits per heavy atom. The number of nitrogens with one attached hydrogen (secondary N) is 2. The number of hydrogen-bond donors (Lipinski definition) is 4. The topological polar surface area (TPSA) is 82.1 Å². The Morgan fingerprint density at radius 3 is 2.67 bits per heavy atom. The first-order chi connectivity index (χ1) is 7.00. The fourth-order valence-corrected chi connectivity index (χ4v) is 1.24. The summed E-state index contributed by atoms with van der Waals surface area (Å²) in [5, 5.41) is 20.0. The van der Waals surface area contributed by atoms with Gasteiger partial charge in [-0.1, -0.05) is 19.9 Å². The van der Waals surface area contributed by atoms with Crippen molar-refractivity contribution in [3.05, 3.63) is 29.3 Å². The highest BCUT2D eigenvalue weighted by molar-refractivity contribution is 5.97. The second-order valence-electron chi connectivity index (χ2n) is 3.80. The predicted molar refractivity (Wildman–Crippen MR) is 61.1 cm³/mol. The summed E-state index contributed by atoms with van der Waals surface area (Å²) >= 11 is 0. The quantitative estimate of drug-likeness (QED) is 0.442. The Balaban J connectivity index is 2.78. The van der Waals surface area contributed by atoms with Crippen LogP contribution in [0.25, 0.3) is 0 Å². The molecule has 82 valence electrons. The molecule has 1 aromatic carbocycles. The molecule has 15 heavy (non-hydrogen) atoms. The zero-order valence-corrected chi connectivity index (χ0v) is 9.04. The number of hydrogen-bond acceptors (Lipinski definition) is 3. The molecule has 5 N–H and O–H groups in total. The van der Waals surface area contributed by atoms with Crippen molar-refractivity contribution in [2.75, 3.05) is 0 Å². The van der Waals surface area contributed by atoms with Crippen LogP contribution in [0, 0.1) is 5.41 Å². The smallest absolute Gasteiger partial charge is 0.126 e. The number of phenols is 1. The third kappa shape index (κ3) is 3.25. The van der Waals surface area contributed by atoms with E-state index >= 15 is 0 Å². The van der Waals surface area contributed by atoms with Gasteiger partial charge in [0.2, 0.25) is 0 Å². The second kappa shape index (κ2) is 4.79. The van der Waals surface area contributed by atoms with E-state index in [-0.39, 0.29) is 11.6 Å². The van der Waals surface area contributed by atoms with Crippen molar-refractivity contribution in [1.82, 2.24) is 5.32 Å². The van der Waals surface area contributed by atoms with Gasteiger partial charge in [0.1, 0.15) is 11.6 Å². The van der Waals surface area contributed by atoms with Gasteiger partial charge in [-0.15, -0.1) is 0 Å². The van der Waals surface area contributed by atoms with Crippen molar-refractivity contribution in [3.8, 4) is 5.75 Å². The van der Waals surface area contributed by atoms with Crippen LogP contribution in [0.5, 0.6) is 5.75 Å². The standard InChI is InChI=1S/C11H17N3O/c1-7(2)14-6-8-3-4-9(11(12)13)10(15)5-8/h3-5,7,14-15H,6H2,1-2H3,(H3,12,13). The molecule has 0 radical (unpaired) electrons. The third-order valence-corrected chi connectivity index (χ3v) is 2.07. The molecule has 0 bridgehead atoms. The van der Waals surface area contributed by atoms with Crippen LogP contribution in [-0.4, -0.2) is 17.0 Å². The second-order valence-corrected chi connectivity index (χ2v) is 3.80. The fraction of sp³-hybridized carbons (Fsp3) is 0.364. The molecule has 0 aliphatic carbocycles. The molecular formula is C11H17N3O. The van der Waals surface area contributed by atoms with E-state index in [1.165, 1.54) is 0 Å². The third-order valence-electron chi connectivity index (χ3n) is 2.07.